The Morgan fingerprint density at radius 3 is 2.47 bits per heavy atom. The lowest BCUT2D eigenvalue weighted by molar-refractivity contribution is -0.138. The van der Waals surface area contributed by atoms with Gasteiger partial charge in [-0.15, -0.1) is 0 Å². The molecule has 1 saturated carbocycles. The van der Waals surface area contributed by atoms with Crippen LogP contribution in [0.3, 0.4) is 0 Å². The standard InChI is InChI=1S/C11H17F3N2O/c1-16-10(7-15,9-3-4-9)8-17-6-2-5-11(12,13)14/h9,16H,2-6,8H2,1H3. The predicted octanol–water partition coefficient (Wildman–Crippen LogP) is 2.24. The Balaban J connectivity index is 2.22. The van der Waals surface area contributed by atoms with Crippen LogP contribution in [0.15, 0.2) is 0 Å². The molecule has 1 atom stereocenters. The minimum atomic E-state index is -4.13. The number of ether oxygens (including phenoxy) is 1. The first-order chi connectivity index (χ1) is 7.93. The average molecular weight is 250 g/mol. The van der Waals surface area contributed by atoms with Crippen molar-refractivity contribution in [3.8, 4) is 6.07 Å². The van der Waals surface area contributed by atoms with Gasteiger partial charge in [0.2, 0.25) is 0 Å². The van der Waals surface area contributed by atoms with Crippen LogP contribution in [-0.2, 0) is 4.74 Å². The van der Waals surface area contributed by atoms with E-state index in [9.17, 15) is 13.2 Å². The number of nitrogens with zero attached hydrogens (tertiary/aromatic N) is 1. The van der Waals surface area contributed by atoms with Gasteiger partial charge in [0.05, 0.1) is 12.7 Å². The minimum absolute atomic E-state index is 0.0390. The molecular weight excluding hydrogens is 233 g/mol. The van der Waals surface area contributed by atoms with E-state index in [1.165, 1.54) is 0 Å². The van der Waals surface area contributed by atoms with Gasteiger partial charge in [-0.2, -0.15) is 18.4 Å². The zero-order valence-corrected chi connectivity index (χ0v) is 9.81. The van der Waals surface area contributed by atoms with Crippen molar-refractivity contribution in [1.82, 2.24) is 5.32 Å². The average Bonchev–Trinajstić information content (AvgIpc) is 3.07. The fourth-order valence-corrected chi connectivity index (χ4v) is 1.76. The number of hydrogen-bond donors (Lipinski definition) is 1. The van der Waals surface area contributed by atoms with Crippen molar-refractivity contribution in [3.05, 3.63) is 0 Å². The van der Waals surface area contributed by atoms with Gasteiger partial charge in [-0.3, -0.25) is 0 Å². The van der Waals surface area contributed by atoms with E-state index in [0.29, 0.717) is 0 Å². The van der Waals surface area contributed by atoms with Crippen LogP contribution in [0.4, 0.5) is 13.2 Å². The summed E-state index contributed by atoms with van der Waals surface area (Å²) in [5, 5.41) is 12.0. The molecule has 0 spiro atoms. The number of likely N-dealkylation sites (N-methyl/N-ethyl adjacent to an activating group) is 1. The molecule has 1 fully saturated rings. The number of halogens is 3. The Hall–Kier alpha value is -0.800. The maximum absolute atomic E-state index is 11.9. The van der Waals surface area contributed by atoms with E-state index in [1.54, 1.807) is 7.05 Å². The van der Waals surface area contributed by atoms with Crippen LogP contribution in [0.1, 0.15) is 25.7 Å². The van der Waals surface area contributed by atoms with E-state index in [0.717, 1.165) is 12.8 Å². The molecule has 0 aliphatic heterocycles. The number of nitrogens with one attached hydrogen (secondary N) is 1. The third kappa shape index (κ3) is 4.52. The topological polar surface area (TPSA) is 45.0 Å². The highest BCUT2D eigenvalue weighted by Crippen LogP contribution is 2.39. The first-order valence-corrected chi connectivity index (χ1v) is 5.68. The van der Waals surface area contributed by atoms with E-state index in [2.05, 4.69) is 11.4 Å². The van der Waals surface area contributed by atoms with Crippen molar-refractivity contribution >= 4 is 0 Å². The van der Waals surface area contributed by atoms with Crippen LogP contribution in [0.5, 0.6) is 0 Å². The third-order valence-corrected chi connectivity index (χ3v) is 3.00. The molecule has 0 radical (unpaired) electrons. The van der Waals surface area contributed by atoms with Gasteiger partial charge in [0.15, 0.2) is 0 Å². The minimum Gasteiger partial charge on any atom is -0.378 e. The Bertz CT molecular complexity index is 283. The summed E-state index contributed by atoms with van der Waals surface area (Å²) in [6, 6.07) is 2.18. The Kier molecular flexibility index (Phi) is 4.78. The lowest BCUT2D eigenvalue weighted by atomic mass is 9.96. The van der Waals surface area contributed by atoms with Crippen LogP contribution >= 0.6 is 0 Å². The van der Waals surface area contributed by atoms with Gasteiger partial charge in [0, 0.05) is 13.0 Å². The molecule has 98 valence electrons. The molecule has 1 aliphatic carbocycles. The summed E-state index contributed by atoms with van der Waals surface area (Å²) in [6.45, 7) is 0.194. The van der Waals surface area contributed by atoms with Gasteiger partial charge < -0.3 is 10.1 Å². The van der Waals surface area contributed by atoms with Gasteiger partial charge in [0.1, 0.15) is 5.54 Å². The maximum Gasteiger partial charge on any atom is 0.389 e. The second-order valence-corrected chi connectivity index (χ2v) is 4.38. The van der Waals surface area contributed by atoms with Crippen molar-refractivity contribution in [2.75, 3.05) is 20.3 Å². The smallest absolute Gasteiger partial charge is 0.378 e. The van der Waals surface area contributed by atoms with E-state index in [1.807, 2.05) is 0 Å². The zero-order valence-electron chi connectivity index (χ0n) is 9.81. The van der Waals surface area contributed by atoms with Crippen LogP contribution in [0.2, 0.25) is 0 Å². The van der Waals surface area contributed by atoms with Gasteiger partial charge in [-0.25, -0.2) is 0 Å². The Morgan fingerprint density at radius 1 is 1.41 bits per heavy atom. The number of nitriles is 1. The second-order valence-electron chi connectivity index (χ2n) is 4.38. The fourth-order valence-electron chi connectivity index (χ4n) is 1.76. The molecule has 1 unspecified atom stereocenters. The summed E-state index contributed by atoms with van der Waals surface area (Å²) in [4.78, 5) is 0. The lowest BCUT2D eigenvalue weighted by Gasteiger charge is -2.25. The molecule has 17 heavy (non-hydrogen) atoms. The van der Waals surface area contributed by atoms with Crippen molar-refractivity contribution < 1.29 is 17.9 Å². The largest absolute Gasteiger partial charge is 0.389 e. The molecule has 0 aromatic heterocycles. The number of alkyl halides is 3. The van der Waals surface area contributed by atoms with Crippen LogP contribution in [0.25, 0.3) is 0 Å². The fraction of sp³-hybridized carbons (Fsp3) is 0.909. The van der Waals surface area contributed by atoms with Gasteiger partial charge in [0.25, 0.3) is 0 Å². The predicted molar refractivity (Wildman–Crippen MR) is 56.2 cm³/mol. The molecule has 0 aromatic carbocycles. The number of hydrogen-bond acceptors (Lipinski definition) is 3. The summed E-state index contributed by atoms with van der Waals surface area (Å²) in [7, 11) is 1.68. The van der Waals surface area contributed by atoms with Crippen molar-refractivity contribution in [2.45, 2.75) is 37.4 Å². The van der Waals surface area contributed by atoms with Crippen molar-refractivity contribution in [3.63, 3.8) is 0 Å². The highest BCUT2D eigenvalue weighted by molar-refractivity contribution is 5.14. The Morgan fingerprint density at radius 2 is 2.06 bits per heavy atom. The Labute approximate surface area is 98.9 Å². The zero-order chi connectivity index (χ0) is 12.9. The third-order valence-electron chi connectivity index (χ3n) is 3.00. The maximum atomic E-state index is 11.9. The quantitative estimate of drug-likeness (QED) is 0.705. The van der Waals surface area contributed by atoms with E-state index < -0.39 is 18.1 Å². The van der Waals surface area contributed by atoms with Crippen LogP contribution in [0, 0.1) is 17.2 Å². The van der Waals surface area contributed by atoms with E-state index in [4.69, 9.17) is 10.00 Å². The van der Waals surface area contributed by atoms with Gasteiger partial charge in [-0.05, 0) is 32.2 Å². The molecule has 0 saturated heterocycles. The molecule has 3 nitrogen and oxygen atoms in total. The van der Waals surface area contributed by atoms with Crippen LogP contribution < -0.4 is 5.32 Å². The monoisotopic (exact) mass is 250 g/mol. The summed E-state index contributed by atoms with van der Waals surface area (Å²) < 4.78 is 40.8. The normalized spacial score (nSPS) is 19.7. The summed E-state index contributed by atoms with van der Waals surface area (Å²) in [5.41, 5.74) is -0.724. The highest BCUT2D eigenvalue weighted by Gasteiger charge is 2.45. The SMILES string of the molecule is CNC(C#N)(COCCCC(F)(F)F)C1CC1. The molecule has 0 aromatic rings. The highest BCUT2D eigenvalue weighted by atomic mass is 19.4. The first-order valence-electron chi connectivity index (χ1n) is 5.68. The summed E-state index contributed by atoms with van der Waals surface area (Å²) in [5.74, 6) is 0.264. The van der Waals surface area contributed by atoms with E-state index >= 15 is 0 Å². The van der Waals surface area contributed by atoms with E-state index in [-0.39, 0.29) is 25.6 Å². The summed E-state index contributed by atoms with van der Waals surface area (Å²) in [6.07, 6.45) is -3.08. The van der Waals surface area contributed by atoms with Crippen molar-refractivity contribution in [2.24, 2.45) is 5.92 Å². The van der Waals surface area contributed by atoms with Crippen LogP contribution in [-0.4, -0.2) is 32.0 Å². The first kappa shape index (κ1) is 14.3. The molecule has 0 heterocycles. The molecule has 0 amide bonds. The molecular formula is C11H17F3N2O. The lowest BCUT2D eigenvalue weighted by Crippen LogP contribution is -2.48. The summed E-state index contributed by atoms with van der Waals surface area (Å²) >= 11 is 0. The number of rotatable bonds is 7. The molecule has 1 rings (SSSR count). The van der Waals surface area contributed by atoms with Gasteiger partial charge >= 0.3 is 6.18 Å². The van der Waals surface area contributed by atoms with Gasteiger partial charge in [-0.1, -0.05) is 0 Å². The molecule has 1 N–H and O–H groups in total. The molecule has 6 heteroatoms. The second kappa shape index (κ2) is 5.69. The van der Waals surface area contributed by atoms with Crippen molar-refractivity contribution in [1.29, 1.82) is 5.26 Å². The molecule has 0 bridgehead atoms. The molecule has 1 aliphatic rings.